The number of halogens is 1. The van der Waals surface area contributed by atoms with Gasteiger partial charge in [0.05, 0.1) is 17.9 Å². The first kappa shape index (κ1) is 15.1. The predicted octanol–water partition coefficient (Wildman–Crippen LogP) is 2.45. The zero-order chi connectivity index (χ0) is 16.6. The summed E-state index contributed by atoms with van der Waals surface area (Å²) in [6, 6.07) is 9.25. The molecule has 0 saturated heterocycles. The number of hydrogen-bond acceptors (Lipinski definition) is 3. The van der Waals surface area contributed by atoms with Crippen molar-refractivity contribution in [1.29, 1.82) is 0 Å². The fourth-order valence-corrected chi connectivity index (χ4v) is 2.60. The Morgan fingerprint density at radius 2 is 1.74 bits per heavy atom. The van der Waals surface area contributed by atoms with E-state index in [0.29, 0.717) is 12.2 Å². The largest absolute Gasteiger partial charge is 0.272 e. The molecule has 0 radical (unpaired) electrons. The van der Waals surface area contributed by atoms with Crippen molar-refractivity contribution in [2.75, 3.05) is 0 Å². The Morgan fingerprint density at radius 3 is 2.35 bits per heavy atom. The Labute approximate surface area is 133 Å². The third-order valence-corrected chi connectivity index (χ3v) is 3.88. The van der Waals surface area contributed by atoms with Gasteiger partial charge in [0.25, 0.3) is 5.56 Å². The molecular weight excluding hydrogens is 295 g/mol. The van der Waals surface area contributed by atoms with Crippen LogP contribution in [0.1, 0.15) is 17.0 Å². The van der Waals surface area contributed by atoms with Crippen LogP contribution in [0.4, 0.5) is 4.39 Å². The predicted molar refractivity (Wildman–Crippen MR) is 85.7 cm³/mol. The minimum atomic E-state index is -0.301. The number of aromatic nitrogens is 4. The summed E-state index contributed by atoms with van der Waals surface area (Å²) in [5.74, 6) is -0.301. The third kappa shape index (κ3) is 2.92. The van der Waals surface area contributed by atoms with Gasteiger partial charge in [0.15, 0.2) is 0 Å². The van der Waals surface area contributed by atoms with Crippen LogP contribution in [-0.4, -0.2) is 19.6 Å². The van der Waals surface area contributed by atoms with Crippen LogP contribution in [0.15, 0.2) is 41.2 Å². The fraction of sp³-hybridized carbons (Fsp3) is 0.235. The fourth-order valence-electron chi connectivity index (χ4n) is 2.60. The maximum absolute atomic E-state index is 13.0. The van der Waals surface area contributed by atoms with E-state index in [1.165, 1.54) is 22.9 Å². The van der Waals surface area contributed by atoms with Gasteiger partial charge in [-0.05, 0) is 37.6 Å². The van der Waals surface area contributed by atoms with Crippen LogP contribution in [0.3, 0.4) is 0 Å². The Balaban J connectivity index is 2.02. The molecule has 0 fully saturated rings. The van der Waals surface area contributed by atoms with Crippen LogP contribution in [-0.2, 0) is 13.6 Å². The molecule has 5 nitrogen and oxygen atoms in total. The van der Waals surface area contributed by atoms with Crippen molar-refractivity contribution in [2.45, 2.75) is 20.4 Å². The zero-order valence-corrected chi connectivity index (χ0v) is 13.2. The Bertz CT molecular complexity index is 909. The minimum Gasteiger partial charge on any atom is -0.272 e. The first-order valence-corrected chi connectivity index (χ1v) is 7.29. The monoisotopic (exact) mass is 312 g/mol. The lowest BCUT2D eigenvalue weighted by atomic mass is 10.1. The summed E-state index contributed by atoms with van der Waals surface area (Å²) in [5.41, 5.74) is 4.11. The second-order valence-corrected chi connectivity index (χ2v) is 5.51. The van der Waals surface area contributed by atoms with Crippen LogP contribution >= 0.6 is 0 Å². The second-order valence-electron chi connectivity index (χ2n) is 5.51. The van der Waals surface area contributed by atoms with Gasteiger partial charge in [0.1, 0.15) is 5.82 Å². The van der Waals surface area contributed by atoms with Gasteiger partial charge in [-0.15, -0.1) is 0 Å². The summed E-state index contributed by atoms with van der Waals surface area (Å²) in [6.07, 6.45) is 0. The minimum absolute atomic E-state index is 0.197. The molecular formula is C17H17FN4O. The van der Waals surface area contributed by atoms with Crippen molar-refractivity contribution in [3.05, 3.63) is 69.5 Å². The molecule has 0 atom stereocenters. The van der Waals surface area contributed by atoms with Crippen LogP contribution in [0, 0.1) is 19.7 Å². The number of hydrogen-bond donors (Lipinski definition) is 0. The van der Waals surface area contributed by atoms with Crippen LogP contribution < -0.4 is 5.56 Å². The number of aryl methyl sites for hydroxylation is 2. The summed E-state index contributed by atoms with van der Waals surface area (Å²) in [4.78, 5) is 12.1. The van der Waals surface area contributed by atoms with E-state index in [0.717, 1.165) is 22.5 Å². The molecule has 0 aliphatic heterocycles. The molecule has 2 aromatic heterocycles. The number of nitrogens with zero attached hydrogens (tertiary/aromatic N) is 4. The van der Waals surface area contributed by atoms with Gasteiger partial charge >= 0.3 is 0 Å². The molecule has 2 heterocycles. The van der Waals surface area contributed by atoms with Gasteiger partial charge in [0, 0.05) is 24.4 Å². The summed E-state index contributed by atoms with van der Waals surface area (Å²) in [7, 11) is 1.88. The van der Waals surface area contributed by atoms with E-state index in [9.17, 15) is 9.18 Å². The molecule has 0 spiro atoms. The van der Waals surface area contributed by atoms with Crippen molar-refractivity contribution in [3.8, 4) is 11.3 Å². The molecule has 3 rings (SSSR count). The SMILES string of the molecule is Cc1nn(C)c(C)c1-c1ccc(=O)n(Cc2ccc(F)cc2)n1. The molecule has 0 aliphatic carbocycles. The highest BCUT2D eigenvalue weighted by Crippen LogP contribution is 2.23. The number of benzene rings is 1. The van der Waals surface area contributed by atoms with Crippen molar-refractivity contribution < 1.29 is 4.39 Å². The van der Waals surface area contributed by atoms with Gasteiger partial charge in [-0.25, -0.2) is 9.07 Å². The van der Waals surface area contributed by atoms with Gasteiger partial charge in [-0.3, -0.25) is 9.48 Å². The van der Waals surface area contributed by atoms with Crippen molar-refractivity contribution >= 4 is 0 Å². The number of rotatable bonds is 3. The first-order valence-electron chi connectivity index (χ1n) is 7.29. The molecule has 3 aromatic rings. The highest BCUT2D eigenvalue weighted by Gasteiger charge is 2.14. The maximum Gasteiger partial charge on any atom is 0.267 e. The van der Waals surface area contributed by atoms with Crippen LogP contribution in [0.25, 0.3) is 11.3 Å². The lowest BCUT2D eigenvalue weighted by molar-refractivity contribution is 0.619. The Hall–Kier alpha value is -2.76. The van der Waals surface area contributed by atoms with E-state index < -0.39 is 0 Å². The standard InChI is InChI=1S/C17H17FN4O/c1-11-17(12(2)21(3)19-11)15-8-9-16(23)22(20-15)10-13-4-6-14(18)7-5-13/h4-9H,10H2,1-3H3. The summed E-state index contributed by atoms with van der Waals surface area (Å²) >= 11 is 0. The van der Waals surface area contributed by atoms with E-state index in [4.69, 9.17) is 0 Å². The summed E-state index contributed by atoms with van der Waals surface area (Å²) in [5, 5.41) is 8.83. The lowest BCUT2D eigenvalue weighted by Gasteiger charge is -2.08. The molecule has 0 aliphatic rings. The first-order chi connectivity index (χ1) is 11.0. The van der Waals surface area contributed by atoms with Gasteiger partial charge in [-0.1, -0.05) is 12.1 Å². The normalized spacial score (nSPS) is 11.0. The van der Waals surface area contributed by atoms with E-state index in [-0.39, 0.29) is 11.4 Å². The molecule has 6 heteroatoms. The van der Waals surface area contributed by atoms with Crippen LogP contribution in [0.2, 0.25) is 0 Å². The van der Waals surface area contributed by atoms with Crippen LogP contribution in [0.5, 0.6) is 0 Å². The zero-order valence-electron chi connectivity index (χ0n) is 13.2. The Kier molecular flexibility index (Phi) is 3.82. The van der Waals surface area contributed by atoms with E-state index >= 15 is 0 Å². The van der Waals surface area contributed by atoms with E-state index in [2.05, 4.69) is 10.2 Å². The van der Waals surface area contributed by atoms with Gasteiger partial charge in [-0.2, -0.15) is 10.2 Å². The molecule has 1 aromatic carbocycles. The summed E-state index contributed by atoms with van der Waals surface area (Å²) in [6.45, 7) is 4.18. The van der Waals surface area contributed by atoms with Gasteiger partial charge < -0.3 is 0 Å². The van der Waals surface area contributed by atoms with E-state index in [1.54, 1.807) is 22.9 Å². The molecule has 0 saturated carbocycles. The van der Waals surface area contributed by atoms with Gasteiger partial charge in [0.2, 0.25) is 0 Å². The second kappa shape index (κ2) is 5.79. The topological polar surface area (TPSA) is 52.7 Å². The van der Waals surface area contributed by atoms with E-state index in [1.807, 2.05) is 20.9 Å². The quantitative estimate of drug-likeness (QED) is 0.746. The summed E-state index contributed by atoms with van der Waals surface area (Å²) < 4.78 is 16.2. The average Bonchev–Trinajstić information content (AvgIpc) is 2.77. The smallest absolute Gasteiger partial charge is 0.267 e. The molecule has 23 heavy (non-hydrogen) atoms. The highest BCUT2D eigenvalue weighted by molar-refractivity contribution is 5.64. The lowest BCUT2D eigenvalue weighted by Crippen LogP contribution is -2.23. The molecule has 0 unspecified atom stereocenters. The molecule has 118 valence electrons. The van der Waals surface area contributed by atoms with Crippen molar-refractivity contribution in [3.63, 3.8) is 0 Å². The van der Waals surface area contributed by atoms with Crippen molar-refractivity contribution in [1.82, 2.24) is 19.6 Å². The average molecular weight is 312 g/mol. The molecule has 0 N–H and O–H groups in total. The molecule has 0 amide bonds. The maximum atomic E-state index is 13.0. The Morgan fingerprint density at radius 1 is 1.04 bits per heavy atom. The van der Waals surface area contributed by atoms with Crippen molar-refractivity contribution in [2.24, 2.45) is 7.05 Å². The highest BCUT2D eigenvalue weighted by atomic mass is 19.1. The third-order valence-electron chi connectivity index (χ3n) is 3.88. The molecule has 0 bridgehead atoms.